The number of aliphatic imine (C=N–C) groups is 1. The van der Waals surface area contributed by atoms with Gasteiger partial charge < -0.3 is 11.1 Å². The maximum absolute atomic E-state index is 11.3. The molecule has 6 heteroatoms. The molecule has 0 aromatic carbocycles. The zero-order valence-corrected chi connectivity index (χ0v) is 9.39. The highest BCUT2D eigenvalue weighted by atomic mass is 32.2. The van der Waals surface area contributed by atoms with Crippen LogP contribution in [0.25, 0.3) is 0 Å². The third-order valence-corrected chi connectivity index (χ3v) is 4.16. The predicted molar refractivity (Wildman–Crippen MR) is 57.0 cm³/mol. The highest BCUT2D eigenvalue weighted by Crippen LogP contribution is 2.22. The summed E-state index contributed by atoms with van der Waals surface area (Å²) in [6.45, 7) is 4.33. The Morgan fingerprint density at radius 2 is 2.29 bits per heavy atom. The van der Waals surface area contributed by atoms with Crippen LogP contribution in [0.2, 0.25) is 0 Å². The number of hydrogen-bond donors (Lipinski definition) is 2. The van der Waals surface area contributed by atoms with Gasteiger partial charge in [0.25, 0.3) is 0 Å². The fourth-order valence-corrected chi connectivity index (χ4v) is 3.72. The van der Waals surface area contributed by atoms with Crippen molar-refractivity contribution in [3.8, 4) is 0 Å². The normalized spacial score (nSPS) is 31.7. The van der Waals surface area contributed by atoms with E-state index in [0.29, 0.717) is 18.9 Å². The topological polar surface area (TPSA) is 84.5 Å². The van der Waals surface area contributed by atoms with Crippen LogP contribution >= 0.6 is 0 Å². The van der Waals surface area contributed by atoms with Crippen molar-refractivity contribution in [2.45, 2.75) is 25.8 Å². The number of guanidine groups is 1. The first kappa shape index (κ1) is 11.3. The van der Waals surface area contributed by atoms with Crippen molar-refractivity contribution >= 4 is 15.8 Å². The molecule has 1 aliphatic heterocycles. The summed E-state index contributed by atoms with van der Waals surface area (Å²) in [5.41, 5.74) is 5.14. The minimum absolute atomic E-state index is 0.139. The fourth-order valence-electron chi connectivity index (χ4n) is 1.63. The quantitative estimate of drug-likeness (QED) is 0.484. The minimum atomic E-state index is -2.89. The Balaban J connectivity index is 2.66. The lowest BCUT2D eigenvalue weighted by atomic mass is 10.0. The Bertz CT molecular complexity index is 336. The second-order valence-corrected chi connectivity index (χ2v) is 6.07. The molecular weight excluding hydrogens is 202 g/mol. The first-order valence-electron chi connectivity index (χ1n) is 4.65. The maximum atomic E-state index is 11.3. The van der Waals surface area contributed by atoms with Gasteiger partial charge in [-0.15, -0.1) is 0 Å². The van der Waals surface area contributed by atoms with Crippen LogP contribution in [-0.2, 0) is 9.84 Å². The summed E-state index contributed by atoms with van der Waals surface area (Å²) < 4.78 is 22.5. The molecule has 0 bridgehead atoms. The van der Waals surface area contributed by atoms with Crippen LogP contribution in [0.15, 0.2) is 4.99 Å². The van der Waals surface area contributed by atoms with Crippen LogP contribution in [0.3, 0.4) is 0 Å². The van der Waals surface area contributed by atoms with Crippen LogP contribution in [0.4, 0.5) is 0 Å². The van der Waals surface area contributed by atoms with Gasteiger partial charge in [-0.25, -0.2) is 8.42 Å². The Morgan fingerprint density at radius 3 is 2.71 bits per heavy atom. The fraction of sp³-hybridized carbons (Fsp3) is 0.875. The monoisotopic (exact) mass is 219 g/mol. The number of nitrogens with two attached hydrogens (primary N) is 1. The van der Waals surface area contributed by atoms with Crippen molar-refractivity contribution in [3.63, 3.8) is 0 Å². The molecule has 1 rings (SSSR count). The highest BCUT2D eigenvalue weighted by molar-refractivity contribution is 7.91. The van der Waals surface area contributed by atoms with E-state index < -0.39 is 15.4 Å². The van der Waals surface area contributed by atoms with Crippen LogP contribution < -0.4 is 11.1 Å². The van der Waals surface area contributed by atoms with E-state index in [2.05, 4.69) is 10.3 Å². The molecule has 0 amide bonds. The Labute approximate surface area is 84.7 Å². The van der Waals surface area contributed by atoms with Gasteiger partial charge in [0.15, 0.2) is 15.8 Å². The van der Waals surface area contributed by atoms with E-state index in [1.165, 1.54) is 0 Å². The molecule has 82 valence electrons. The maximum Gasteiger partial charge on any atom is 0.189 e. The molecule has 0 spiro atoms. The Morgan fingerprint density at radius 1 is 1.64 bits per heavy atom. The van der Waals surface area contributed by atoms with Gasteiger partial charge in [0.2, 0.25) is 0 Å². The molecule has 0 saturated carbocycles. The SMILES string of the molecule is CCN=C(N)NC1(C)CCS(=O)(=O)C1. The van der Waals surface area contributed by atoms with E-state index in [-0.39, 0.29) is 11.5 Å². The van der Waals surface area contributed by atoms with Crippen molar-refractivity contribution in [2.75, 3.05) is 18.1 Å². The first-order valence-corrected chi connectivity index (χ1v) is 6.47. The summed E-state index contributed by atoms with van der Waals surface area (Å²) in [5, 5.41) is 2.96. The molecule has 1 saturated heterocycles. The second-order valence-electron chi connectivity index (χ2n) is 3.89. The molecule has 1 atom stereocenters. The van der Waals surface area contributed by atoms with Crippen LogP contribution in [0, 0.1) is 0 Å². The zero-order valence-electron chi connectivity index (χ0n) is 8.58. The van der Waals surface area contributed by atoms with Crippen LogP contribution in [0.1, 0.15) is 20.3 Å². The molecule has 3 N–H and O–H groups in total. The van der Waals surface area contributed by atoms with Crippen LogP contribution in [-0.4, -0.2) is 38.0 Å². The molecule has 14 heavy (non-hydrogen) atoms. The standard InChI is InChI=1S/C8H17N3O2S/c1-3-10-7(9)11-8(2)4-5-14(12,13)6-8/h3-6H2,1-2H3,(H3,9,10,11). The minimum Gasteiger partial charge on any atom is -0.370 e. The molecule has 0 aromatic heterocycles. The zero-order chi connectivity index (χ0) is 10.8. The van der Waals surface area contributed by atoms with E-state index in [0.717, 1.165) is 0 Å². The lowest BCUT2D eigenvalue weighted by molar-refractivity contribution is 0.469. The molecule has 1 heterocycles. The van der Waals surface area contributed by atoms with Gasteiger partial charge in [0, 0.05) is 6.54 Å². The Hall–Kier alpha value is -0.780. The molecule has 1 unspecified atom stereocenters. The van der Waals surface area contributed by atoms with Crippen molar-refractivity contribution in [2.24, 2.45) is 10.7 Å². The van der Waals surface area contributed by atoms with Gasteiger partial charge in [-0.05, 0) is 20.3 Å². The summed E-state index contributed by atoms with van der Waals surface area (Å²) in [4.78, 5) is 3.97. The second kappa shape index (κ2) is 3.76. The molecule has 0 radical (unpaired) electrons. The van der Waals surface area contributed by atoms with E-state index in [9.17, 15) is 8.42 Å². The largest absolute Gasteiger partial charge is 0.370 e. The lowest BCUT2D eigenvalue weighted by Crippen LogP contribution is -2.50. The van der Waals surface area contributed by atoms with Gasteiger partial charge in [0.1, 0.15) is 0 Å². The number of hydrogen-bond acceptors (Lipinski definition) is 3. The summed E-state index contributed by atoms with van der Waals surface area (Å²) in [7, 11) is -2.89. The summed E-state index contributed by atoms with van der Waals surface area (Å²) in [5.74, 6) is 0.697. The van der Waals surface area contributed by atoms with Crippen LogP contribution in [0.5, 0.6) is 0 Å². The number of sulfone groups is 1. The lowest BCUT2D eigenvalue weighted by Gasteiger charge is -2.24. The predicted octanol–water partition coefficient (Wildman–Crippen LogP) is -0.512. The third-order valence-electron chi connectivity index (χ3n) is 2.26. The molecule has 5 nitrogen and oxygen atoms in total. The van der Waals surface area contributed by atoms with Gasteiger partial charge in [-0.1, -0.05) is 0 Å². The van der Waals surface area contributed by atoms with E-state index in [1.54, 1.807) is 0 Å². The number of nitrogens with one attached hydrogen (secondary N) is 1. The molecule has 1 aliphatic rings. The van der Waals surface area contributed by atoms with Gasteiger partial charge in [-0.3, -0.25) is 4.99 Å². The molecular formula is C8H17N3O2S. The van der Waals surface area contributed by atoms with E-state index >= 15 is 0 Å². The first-order chi connectivity index (χ1) is 6.37. The van der Waals surface area contributed by atoms with Crippen molar-refractivity contribution in [3.05, 3.63) is 0 Å². The van der Waals surface area contributed by atoms with E-state index in [1.807, 2.05) is 13.8 Å². The summed E-state index contributed by atoms with van der Waals surface area (Å²) in [6.07, 6.45) is 0.593. The highest BCUT2D eigenvalue weighted by Gasteiger charge is 2.38. The summed E-state index contributed by atoms with van der Waals surface area (Å²) >= 11 is 0. The van der Waals surface area contributed by atoms with Crippen molar-refractivity contribution in [1.29, 1.82) is 0 Å². The van der Waals surface area contributed by atoms with Gasteiger partial charge >= 0.3 is 0 Å². The average molecular weight is 219 g/mol. The van der Waals surface area contributed by atoms with Crippen molar-refractivity contribution in [1.82, 2.24) is 5.32 Å². The van der Waals surface area contributed by atoms with Gasteiger partial charge in [-0.2, -0.15) is 0 Å². The summed E-state index contributed by atoms with van der Waals surface area (Å²) in [6, 6.07) is 0. The smallest absolute Gasteiger partial charge is 0.189 e. The van der Waals surface area contributed by atoms with E-state index in [4.69, 9.17) is 5.73 Å². The average Bonchev–Trinajstić information content (AvgIpc) is 2.25. The van der Waals surface area contributed by atoms with Crippen molar-refractivity contribution < 1.29 is 8.42 Å². The third kappa shape index (κ3) is 2.87. The number of nitrogens with zero attached hydrogens (tertiary/aromatic N) is 1. The van der Waals surface area contributed by atoms with Gasteiger partial charge in [0.05, 0.1) is 17.0 Å². The molecule has 0 aromatic rings. The molecule has 0 aliphatic carbocycles. The number of rotatable bonds is 2. The molecule has 1 fully saturated rings. The Kier molecular flexibility index (Phi) is 3.04.